The predicted molar refractivity (Wildman–Crippen MR) is 125 cm³/mol. The van der Waals surface area contributed by atoms with Crippen molar-refractivity contribution in [1.82, 2.24) is 20.2 Å². The molecule has 2 aliphatic rings. The smallest absolute Gasteiger partial charge is 0.242 e. The summed E-state index contributed by atoms with van der Waals surface area (Å²) in [5.41, 5.74) is 2.32. The van der Waals surface area contributed by atoms with Crippen molar-refractivity contribution >= 4 is 52.4 Å². The van der Waals surface area contributed by atoms with Crippen LogP contribution >= 0.6 is 35.1 Å². The number of halogens is 1. The van der Waals surface area contributed by atoms with E-state index in [4.69, 9.17) is 21.1 Å². The third kappa shape index (κ3) is 3.69. The number of fused-ring (bicyclic) bond motifs is 3. The molecule has 8 nitrogen and oxygen atoms in total. The first-order chi connectivity index (χ1) is 16.2. The molecule has 3 heterocycles. The van der Waals surface area contributed by atoms with E-state index < -0.39 is 0 Å². The van der Waals surface area contributed by atoms with Gasteiger partial charge in [-0.05, 0) is 52.9 Å². The molecule has 0 bridgehead atoms. The Hall–Kier alpha value is -3.21. The van der Waals surface area contributed by atoms with Gasteiger partial charge in [0.15, 0.2) is 11.5 Å². The van der Waals surface area contributed by atoms with Crippen LogP contribution in [0.25, 0.3) is 5.69 Å². The summed E-state index contributed by atoms with van der Waals surface area (Å²) in [5.74, 6) is 1.34. The Morgan fingerprint density at radius 3 is 2.82 bits per heavy atom. The standard InChI is InChI=1S/C22H14ClN5O3S2/c23-13-5-8-20-16(9-13)27(15-3-1-2-4-19(15)33-20)21(29)11-32-22-24-25-26-28(22)14-6-7-17-18(10-14)31-12-30-17/h1-10H,11-12H2. The Labute approximate surface area is 201 Å². The summed E-state index contributed by atoms with van der Waals surface area (Å²) in [7, 11) is 0. The van der Waals surface area contributed by atoms with Gasteiger partial charge in [0.05, 0.1) is 22.8 Å². The number of carbonyl (C=O) groups is 1. The van der Waals surface area contributed by atoms with Crippen LogP contribution in [0.1, 0.15) is 0 Å². The molecule has 1 amide bonds. The quantitative estimate of drug-likeness (QED) is 0.367. The normalized spacial score (nSPS) is 13.5. The van der Waals surface area contributed by atoms with Crippen molar-refractivity contribution in [2.45, 2.75) is 14.9 Å². The van der Waals surface area contributed by atoms with Crippen LogP contribution in [0.15, 0.2) is 75.6 Å². The summed E-state index contributed by atoms with van der Waals surface area (Å²) < 4.78 is 12.4. The number of ether oxygens (including phenoxy) is 2. The van der Waals surface area contributed by atoms with Crippen LogP contribution in [0.4, 0.5) is 11.4 Å². The Kier molecular flexibility index (Phi) is 5.12. The van der Waals surface area contributed by atoms with Gasteiger partial charge >= 0.3 is 0 Å². The van der Waals surface area contributed by atoms with E-state index in [2.05, 4.69) is 15.5 Å². The molecule has 0 N–H and O–H groups in total. The second-order valence-electron chi connectivity index (χ2n) is 7.11. The summed E-state index contributed by atoms with van der Waals surface area (Å²) in [5, 5.41) is 13.0. The highest BCUT2D eigenvalue weighted by molar-refractivity contribution is 8.00. The number of carbonyl (C=O) groups excluding carboxylic acids is 1. The lowest BCUT2D eigenvalue weighted by Crippen LogP contribution is -2.30. The maximum absolute atomic E-state index is 13.5. The van der Waals surface area contributed by atoms with Gasteiger partial charge in [-0.3, -0.25) is 9.69 Å². The molecule has 33 heavy (non-hydrogen) atoms. The first-order valence-corrected chi connectivity index (χ1v) is 12.1. The van der Waals surface area contributed by atoms with Crippen LogP contribution in [0.5, 0.6) is 11.5 Å². The highest BCUT2D eigenvalue weighted by Gasteiger charge is 2.29. The maximum atomic E-state index is 13.5. The molecule has 4 aromatic rings. The van der Waals surface area contributed by atoms with Crippen molar-refractivity contribution in [3.05, 3.63) is 65.7 Å². The molecule has 0 saturated heterocycles. The zero-order chi connectivity index (χ0) is 22.4. The molecular formula is C22H14ClN5O3S2. The first-order valence-electron chi connectivity index (χ1n) is 9.88. The van der Waals surface area contributed by atoms with Crippen molar-refractivity contribution in [2.24, 2.45) is 0 Å². The fourth-order valence-corrected chi connectivity index (χ4v) is 5.58. The average molecular weight is 496 g/mol. The van der Waals surface area contributed by atoms with Crippen LogP contribution in [0, 0.1) is 0 Å². The SMILES string of the molecule is O=C(CSc1nnnn1-c1ccc2c(c1)OCO2)N1c2ccccc2Sc2ccc(Cl)cc21. The van der Waals surface area contributed by atoms with E-state index in [1.807, 2.05) is 54.6 Å². The molecule has 0 spiro atoms. The second kappa shape index (κ2) is 8.29. The van der Waals surface area contributed by atoms with Gasteiger partial charge in [-0.1, -0.05) is 47.3 Å². The number of tetrazole rings is 1. The van der Waals surface area contributed by atoms with Crippen molar-refractivity contribution in [1.29, 1.82) is 0 Å². The summed E-state index contributed by atoms with van der Waals surface area (Å²) in [6.07, 6.45) is 0. The number of aromatic nitrogens is 4. The highest BCUT2D eigenvalue weighted by atomic mass is 35.5. The van der Waals surface area contributed by atoms with Crippen molar-refractivity contribution in [2.75, 3.05) is 17.4 Å². The lowest BCUT2D eigenvalue weighted by molar-refractivity contribution is -0.115. The Morgan fingerprint density at radius 2 is 1.88 bits per heavy atom. The van der Waals surface area contributed by atoms with Crippen LogP contribution in [0.2, 0.25) is 5.02 Å². The van der Waals surface area contributed by atoms with E-state index in [1.54, 1.807) is 27.4 Å². The van der Waals surface area contributed by atoms with Crippen LogP contribution in [-0.2, 0) is 4.79 Å². The molecule has 0 atom stereocenters. The van der Waals surface area contributed by atoms with Gasteiger partial charge in [0.25, 0.3) is 0 Å². The van der Waals surface area contributed by atoms with Crippen LogP contribution in [0.3, 0.4) is 0 Å². The lowest BCUT2D eigenvalue weighted by Gasteiger charge is -2.31. The Bertz CT molecular complexity index is 1400. The molecule has 164 valence electrons. The molecule has 2 aliphatic heterocycles. The fourth-order valence-electron chi connectivity index (χ4n) is 3.64. The van der Waals surface area contributed by atoms with Crippen molar-refractivity contribution in [3.8, 4) is 17.2 Å². The molecule has 0 radical (unpaired) electrons. The number of hydrogen-bond acceptors (Lipinski definition) is 8. The van der Waals surface area contributed by atoms with E-state index in [0.29, 0.717) is 21.7 Å². The summed E-state index contributed by atoms with van der Waals surface area (Å²) in [6, 6.07) is 18.9. The number of anilines is 2. The second-order valence-corrected chi connectivity index (χ2v) is 9.57. The number of thioether (sulfide) groups is 1. The van der Waals surface area contributed by atoms with E-state index >= 15 is 0 Å². The predicted octanol–water partition coefficient (Wildman–Crippen LogP) is 4.97. The number of para-hydroxylation sites is 1. The van der Waals surface area contributed by atoms with Crippen molar-refractivity contribution in [3.63, 3.8) is 0 Å². The van der Waals surface area contributed by atoms with Gasteiger partial charge in [-0.2, -0.15) is 4.68 Å². The number of rotatable bonds is 4. The third-order valence-corrected chi connectivity index (χ3v) is 7.37. The highest BCUT2D eigenvalue weighted by Crippen LogP contribution is 2.49. The minimum atomic E-state index is -0.100. The summed E-state index contributed by atoms with van der Waals surface area (Å²) in [4.78, 5) is 17.2. The molecule has 6 rings (SSSR count). The third-order valence-electron chi connectivity index (χ3n) is 5.10. The summed E-state index contributed by atoms with van der Waals surface area (Å²) >= 11 is 9.14. The van der Waals surface area contributed by atoms with Crippen LogP contribution < -0.4 is 14.4 Å². The minimum absolute atomic E-state index is 0.100. The van der Waals surface area contributed by atoms with Gasteiger partial charge in [0, 0.05) is 20.9 Å². The monoisotopic (exact) mass is 495 g/mol. The summed E-state index contributed by atoms with van der Waals surface area (Å²) in [6.45, 7) is 0.186. The number of hydrogen-bond donors (Lipinski definition) is 0. The van der Waals surface area contributed by atoms with Gasteiger partial charge in [0.1, 0.15) is 0 Å². The molecule has 0 fully saturated rings. The topological polar surface area (TPSA) is 82.4 Å². The lowest BCUT2D eigenvalue weighted by atomic mass is 10.2. The van der Waals surface area contributed by atoms with Gasteiger partial charge in [0.2, 0.25) is 17.9 Å². The number of benzene rings is 3. The van der Waals surface area contributed by atoms with Gasteiger partial charge in [-0.15, -0.1) is 5.10 Å². The number of nitrogens with zero attached hydrogens (tertiary/aromatic N) is 5. The van der Waals surface area contributed by atoms with Crippen LogP contribution in [-0.4, -0.2) is 38.7 Å². The van der Waals surface area contributed by atoms with Gasteiger partial charge < -0.3 is 9.47 Å². The minimum Gasteiger partial charge on any atom is -0.454 e. The molecule has 0 unspecified atom stereocenters. The maximum Gasteiger partial charge on any atom is 0.242 e. The van der Waals surface area contributed by atoms with E-state index in [-0.39, 0.29) is 18.5 Å². The molecule has 0 saturated carbocycles. The van der Waals surface area contributed by atoms with E-state index in [0.717, 1.165) is 26.9 Å². The average Bonchev–Trinajstić information content (AvgIpc) is 3.50. The molecule has 3 aromatic carbocycles. The zero-order valence-electron chi connectivity index (χ0n) is 16.8. The fraction of sp³-hybridized carbons (Fsp3) is 0.0909. The largest absolute Gasteiger partial charge is 0.454 e. The molecular weight excluding hydrogens is 482 g/mol. The molecule has 0 aliphatic carbocycles. The zero-order valence-corrected chi connectivity index (χ0v) is 19.2. The Balaban J connectivity index is 1.28. The van der Waals surface area contributed by atoms with Crippen molar-refractivity contribution < 1.29 is 14.3 Å². The van der Waals surface area contributed by atoms with Gasteiger partial charge in [-0.25, -0.2) is 0 Å². The van der Waals surface area contributed by atoms with E-state index in [9.17, 15) is 4.79 Å². The van der Waals surface area contributed by atoms with E-state index in [1.165, 1.54) is 11.8 Å². The molecule has 11 heteroatoms. The molecule has 1 aromatic heterocycles. The first kappa shape index (κ1) is 20.4. The number of amides is 1. The Morgan fingerprint density at radius 1 is 1.03 bits per heavy atom.